The summed E-state index contributed by atoms with van der Waals surface area (Å²) in [6.45, 7) is 2.34. The van der Waals surface area contributed by atoms with Crippen LogP contribution in [-0.2, 0) is 16.0 Å². The molecule has 1 aliphatic carbocycles. The normalized spacial score (nSPS) is 22.5. The molecule has 148 valence electrons. The predicted molar refractivity (Wildman–Crippen MR) is 106 cm³/mol. The van der Waals surface area contributed by atoms with Crippen LogP contribution in [0.2, 0.25) is 0 Å². The Hall–Kier alpha value is -2.24. The lowest BCUT2D eigenvalue weighted by Gasteiger charge is -2.37. The molecule has 1 amide bonds. The monoisotopic (exact) mass is 382 g/mol. The molecule has 1 fully saturated rings. The number of hydrogen-bond donors (Lipinski definition) is 0. The summed E-state index contributed by atoms with van der Waals surface area (Å²) in [5.41, 5.74) is 3.60. The van der Waals surface area contributed by atoms with E-state index in [0.717, 1.165) is 31.4 Å². The van der Waals surface area contributed by atoms with Crippen LogP contribution in [0.3, 0.4) is 0 Å². The van der Waals surface area contributed by atoms with E-state index in [4.69, 9.17) is 4.74 Å². The minimum atomic E-state index is -0.249. The van der Waals surface area contributed by atoms with Gasteiger partial charge in [0.2, 0.25) is 5.91 Å². The van der Waals surface area contributed by atoms with Gasteiger partial charge in [0, 0.05) is 20.1 Å². The van der Waals surface area contributed by atoms with Gasteiger partial charge < -0.3 is 9.64 Å². The standard InChI is InChI=1S/C23H27FN2O2/c1-25(21-8-4-6-17-5-2-3-7-20(17)21)23(27)16-26-13-14-28-22(15-26)18-9-11-19(24)12-10-18/h2-3,5,7,9-12,21-22H,4,6,8,13-16H2,1H3/t21-,22+/m0/s1. The number of amides is 1. The van der Waals surface area contributed by atoms with Crippen molar-refractivity contribution in [3.8, 4) is 0 Å². The van der Waals surface area contributed by atoms with E-state index in [1.165, 1.54) is 23.3 Å². The lowest BCUT2D eigenvalue weighted by atomic mass is 9.87. The first-order valence-corrected chi connectivity index (χ1v) is 10.0. The second kappa shape index (κ2) is 8.41. The van der Waals surface area contributed by atoms with Crippen LogP contribution in [0.25, 0.3) is 0 Å². The summed E-state index contributed by atoms with van der Waals surface area (Å²) in [4.78, 5) is 17.1. The predicted octanol–water partition coefficient (Wildman–Crippen LogP) is 3.74. The van der Waals surface area contributed by atoms with Gasteiger partial charge in [-0.25, -0.2) is 4.39 Å². The van der Waals surface area contributed by atoms with E-state index >= 15 is 0 Å². The number of hydrogen-bond acceptors (Lipinski definition) is 3. The number of nitrogens with zero attached hydrogens (tertiary/aromatic N) is 2. The Balaban J connectivity index is 1.40. The molecule has 1 aliphatic heterocycles. The molecule has 28 heavy (non-hydrogen) atoms. The number of aryl methyl sites for hydroxylation is 1. The first-order chi connectivity index (χ1) is 13.6. The van der Waals surface area contributed by atoms with Crippen LogP contribution in [0.1, 0.15) is 41.7 Å². The molecule has 0 spiro atoms. The molecule has 0 bridgehead atoms. The van der Waals surface area contributed by atoms with Gasteiger partial charge in [-0.05, 0) is 48.1 Å². The Labute approximate surface area is 165 Å². The molecule has 4 nitrogen and oxygen atoms in total. The first kappa shape index (κ1) is 19.1. The fourth-order valence-corrected chi connectivity index (χ4v) is 4.33. The maximum Gasteiger partial charge on any atom is 0.237 e. The number of benzene rings is 2. The zero-order chi connectivity index (χ0) is 19.5. The van der Waals surface area contributed by atoms with E-state index in [0.29, 0.717) is 19.7 Å². The summed E-state index contributed by atoms with van der Waals surface area (Å²) in [6, 6.07) is 15.1. The van der Waals surface area contributed by atoms with E-state index in [9.17, 15) is 9.18 Å². The van der Waals surface area contributed by atoms with Crippen molar-refractivity contribution in [1.82, 2.24) is 9.80 Å². The van der Waals surface area contributed by atoms with Gasteiger partial charge in [0.25, 0.3) is 0 Å². The first-order valence-electron chi connectivity index (χ1n) is 10.0. The number of ether oxygens (including phenoxy) is 1. The van der Waals surface area contributed by atoms with Gasteiger partial charge in [0.1, 0.15) is 5.82 Å². The Bertz CT molecular complexity index is 824. The molecule has 0 aromatic heterocycles. The Morgan fingerprint density at radius 1 is 1.21 bits per heavy atom. The van der Waals surface area contributed by atoms with Crippen molar-refractivity contribution < 1.29 is 13.9 Å². The Kier molecular flexibility index (Phi) is 5.74. The van der Waals surface area contributed by atoms with E-state index < -0.39 is 0 Å². The van der Waals surface area contributed by atoms with Crippen LogP contribution < -0.4 is 0 Å². The van der Waals surface area contributed by atoms with Crippen molar-refractivity contribution in [3.63, 3.8) is 0 Å². The van der Waals surface area contributed by atoms with Crippen molar-refractivity contribution in [3.05, 3.63) is 71.0 Å². The van der Waals surface area contributed by atoms with Crippen LogP contribution in [-0.4, -0.2) is 49.0 Å². The smallest absolute Gasteiger partial charge is 0.237 e. The molecule has 0 unspecified atom stereocenters. The van der Waals surface area contributed by atoms with Crippen molar-refractivity contribution in [2.24, 2.45) is 0 Å². The molecule has 1 heterocycles. The Morgan fingerprint density at radius 3 is 2.82 bits per heavy atom. The summed E-state index contributed by atoms with van der Waals surface area (Å²) >= 11 is 0. The van der Waals surface area contributed by atoms with Crippen molar-refractivity contribution in [1.29, 1.82) is 0 Å². The average molecular weight is 382 g/mol. The van der Waals surface area contributed by atoms with E-state index in [2.05, 4.69) is 29.2 Å². The molecule has 2 aromatic rings. The molecule has 0 radical (unpaired) electrons. The van der Waals surface area contributed by atoms with Gasteiger partial charge in [-0.3, -0.25) is 9.69 Å². The quantitative estimate of drug-likeness (QED) is 0.808. The maximum atomic E-state index is 13.2. The molecular weight excluding hydrogens is 355 g/mol. The van der Waals surface area contributed by atoms with E-state index in [1.54, 1.807) is 12.1 Å². The maximum absolute atomic E-state index is 13.2. The molecule has 2 aromatic carbocycles. The van der Waals surface area contributed by atoms with Crippen LogP contribution in [0.5, 0.6) is 0 Å². The number of morpholine rings is 1. The molecule has 5 heteroatoms. The largest absolute Gasteiger partial charge is 0.371 e. The summed E-state index contributed by atoms with van der Waals surface area (Å²) < 4.78 is 19.0. The van der Waals surface area contributed by atoms with Gasteiger partial charge in [-0.15, -0.1) is 0 Å². The summed E-state index contributed by atoms with van der Waals surface area (Å²) in [5.74, 6) is -0.109. The van der Waals surface area contributed by atoms with E-state index in [-0.39, 0.29) is 23.9 Å². The number of likely N-dealkylation sites (N-methyl/N-ethyl adjacent to an activating group) is 1. The zero-order valence-corrected chi connectivity index (χ0v) is 16.3. The third-order valence-corrected chi connectivity index (χ3v) is 5.95. The minimum absolute atomic E-state index is 0.122. The van der Waals surface area contributed by atoms with Crippen LogP contribution in [0.4, 0.5) is 4.39 Å². The fraction of sp³-hybridized carbons (Fsp3) is 0.435. The number of fused-ring (bicyclic) bond motifs is 1. The number of carbonyl (C=O) groups excluding carboxylic acids is 1. The van der Waals surface area contributed by atoms with Gasteiger partial charge in [-0.1, -0.05) is 36.4 Å². The highest BCUT2D eigenvalue weighted by Gasteiger charge is 2.29. The second-order valence-corrected chi connectivity index (χ2v) is 7.76. The minimum Gasteiger partial charge on any atom is -0.371 e. The number of rotatable bonds is 4. The molecule has 0 saturated carbocycles. The fourth-order valence-electron chi connectivity index (χ4n) is 4.33. The molecule has 2 atom stereocenters. The van der Waals surface area contributed by atoms with Gasteiger partial charge in [0.05, 0.1) is 25.3 Å². The molecule has 1 saturated heterocycles. The van der Waals surface area contributed by atoms with Crippen molar-refractivity contribution in [2.75, 3.05) is 33.3 Å². The average Bonchev–Trinajstić information content (AvgIpc) is 2.73. The highest BCUT2D eigenvalue weighted by atomic mass is 19.1. The topological polar surface area (TPSA) is 32.8 Å². The third-order valence-electron chi connectivity index (χ3n) is 5.95. The number of carbonyl (C=O) groups is 1. The highest BCUT2D eigenvalue weighted by Crippen LogP contribution is 2.33. The highest BCUT2D eigenvalue weighted by molar-refractivity contribution is 5.78. The summed E-state index contributed by atoms with van der Waals surface area (Å²) in [5, 5.41) is 0. The number of halogens is 1. The third kappa shape index (κ3) is 4.10. The molecule has 2 aliphatic rings. The summed E-state index contributed by atoms with van der Waals surface area (Å²) in [7, 11) is 1.92. The van der Waals surface area contributed by atoms with E-state index in [1.807, 2.05) is 11.9 Å². The zero-order valence-electron chi connectivity index (χ0n) is 16.3. The lowest BCUT2D eigenvalue weighted by molar-refractivity contribution is -0.135. The van der Waals surface area contributed by atoms with Gasteiger partial charge in [-0.2, -0.15) is 0 Å². The molecular formula is C23H27FN2O2. The van der Waals surface area contributed by atoms with Crippen molar-refractivity contribution in [2.45, 2.75) is 31.4 Å². The van der Waals surface area contributed by atoms with Crippen LogP contribution in [0, 0.1) is 5.82 Å². The molecule has 0 N–H and O–H groups in total. The van der Waals surface area contributed by atoms with Crippen LogP contribution >= 0.6 is 0 Å². The second-order valence-electron chi connectivity index (χ2n) is 7.76. The SMILES string of the molecule is CN(C(=O)CN1CCO[C@@H](c2ccc(F)cc2)C1)[C@H]1CCCc2ccccc21. The van der Waals surface area contributed by atoms with Gasteiger partial charge >= 0.3 is 0 Å². The van der Waals surface area contributed by atoms with Crippen LogP contribution in [0.15, 0.2) is 48.5 Å². The molecule has 4 rings (SSSR count). The lowest BCUT2D eigenvalue weighted by Crippen LogP contribution is -2.45. The summed E-state index contributed by atoms with van der Waals surface area (Å²) in [6.07, 6.45) is 3.10. The Morgan fingerprint density at radius 2 is 2.00 bits per heavy atom. The van der Waals surface area contributed by atoms with Gasteiger partial charge in [0.15, 0.2) is 0 Å². The van der Waals surface area contributed by atoms with Crippen molar-refractivity contribution >= 4 is 5.91 Å².